The maximum Gasteiger partial charge on any atom is 0.194 e. The summed E-state index contributed by atoms with van der Waals surface area (Å²) in [6, 6.07) is 2.13. The number of likely N-dealkylation sites (tertiary alicyclic amines) is 1. The van der Waals surface area contributed by atoms with Gasteiger partial charge in [-0.05, 0) is 37.3 Å². The molecule has 1 aliphatic rings. The van der Waals surface area contributed by atoms with Crippen LogP contribution in [0.2, 0.25) is 0 Å². The molecule has 0 aliphatic carbocycles. The molecule has 1 saturated heterocycles. The van der Waals surface area contributed by atoms with Crippen LogP contribution in [-0.2, 0) is 6.54 Å². The number of nitrogens with one attached hydrogen (secondary N) is 1. The van der Waals surface area contributed by atoms with Crippen LogP contribution >= 0.6 is 11.3 Å². The van der Waals surface area contributed by atoms with Gasteiger partial charge in [-0.25, -0.2) is 4.99 Å². The van der Waals surface area contributed by atoms with Gasteiger partial charge in [0.05, 0.1) is 12.6 Å². The normalized spacial score (nSPS) is 20.5. The van der Waals surface area contributed by atoms with E-state index >= 15 is 0 Å². The lowest BCUT2D eigenvalue weighted by molar-refractivity contribution is 0.188. The fourth-order valence-electron chi connectivity index (χ4n) is 2.07. The molecule has 1 atom stereocenters. The Kier molecular flexibility index (Phi) is 4.60. The van der Waals surface area contributed by atoms with Gasteiger partial charge in [0.1, 0.15) is 0 Å². The summed E-state index contributed by atoms with van der Waals surface area (Å²) in [5.41, 5.74) is 1.31. The maximum absolute atomic E-state index is 9.59. The average Bonchev–Trinajstić information content (AvgIpc) is 2.94. The van der Waals surface area contributed by atoms with E-state index in [4.69, 9.17) is 0 Å². The summed E-state index contributed by atoms with van der Waals surface area (Å²) in [6.45, 7) is 7.34. The molecule has 2 rings (SSSR count). The first-order valence-corrected chi connectivity index (χ1v) is 7.33. The van der Waals surface area contributed by atoms with Gasteiger partial charge in [-0.2, -0.15) is 0 Å². The second-order valence-electron chi connectivity index (χ2n) is 4.59. The summed E-state index contributed by atoms with van der Waals surface area (Å²) in [5.74, 6) is 0.918. The van der Waals surface area contributed by atoms with Gasteiger partial charge in [-0.1, -0.05) is 0 Å². The van der Waals surface area contributed by atoms with Crippen molar-refractivity contribution in [2.75, 3.05) is 19.6 Å². The topological polar surface area (TPSA) is 47.9 Å². The number of aryl methyl sites for hydroxylation is 1. The van der Waals surface area contributed by atoms with Crippen LogP contribution in [0.5, 0.6) is 0 Å². The van der Waals surface area contributed by atoms with Crippen molar-refractivity contribution < 1.29 is 5.11 Å². The Balaban J connectivity index is 2.02. The first kappa shape index (κ1) is 13.4. The third-order valence-electron chi connectivity index (χ3n) is 3.14. The van der Waals surface area contributed by atoms with Gasteiger partial charge in [0.2, 0.25) is 0 Å². The Labute approximate surface area is 112 Å². The van der Waals surface area contributed by atoms with E-state index in [0.717, 1.165) is 32.0 Å². The summed E-state index contributed by atoms with van der Waals surface area (Å²) < 4.78 is 0. The van der Waals surface area contributed by atoms with E-state index in [9.17, 15) is 5.11 Å². The SMILES string of the molecule is CCNC(=NCc1sccc1C)N1CC[C@@H](O)C1. The molecule has 0 spiro atoms. The van der Waals surface area contributed by atoms with Crippen LogP contribution in [0, 0.1) is 6.92 Å². The minimum Gasteiger partial charge on any atom is -0.391 e. The number of thiophene rings is 1. The predicted molar refractivity (Wildman–Crippen MR) is 76.1 cm³/mol. The number of hydrogen-bond donors (Lipinski definition) is 2. The number of rotatable bonds is 3. The van der Waals surface area contributed by atoms with E-state index in [0.29, 0.717) is 6.54 Å². The summed E-state index contributed by atoms with van der Waals surface area (Å²) in [6.07, 6.45) is 0.625. The molecule has 0 bridgehead atoms. The Hall–Kier alpha value is -1.07. The van der Waals surface area contributed by atoms with Crippen molar-refractivity contribution in [3.05, 3.63) is 21.9 Å². The van der Waals surface area contributed by atoms with Crippen LogP contribution in [0.25, 0.3) is 0 Å². The molecule has 0 radical (unpaired) electrons. The standard InChI is InChI=1S/C13H21N3OS/c1-3-14-13(16-6-4-11(17)9-16)15-8-12-10(2)5-7-18-12/h5,7,11,17H,3-4,6,8-9H2,1-2H3,(H,14,15)/t11-/m1/s1. The number of guanidine groups is 1. The van der Waals surface area contributed by atoms with Crippen LogP contribution in [-0.4, -0.2) is 41.7 Å². The van der Waals surface area contributed by atoms with Crippen molar-refractivity contribution in [3.8, 4) is 0 Å². The van der Waals surface area contributed by atoms with Crippen LogP contribution in [0.4, 0.5) is 0 Å². The Bertz CT molecular complexity index is 416. The number of nitrogens with zero attached hydrogens (tertiary/aromatic N) is 2. The van der Waals surface area contributed by atoms with Gasteiger partial charge in [0, 0.05) is 24.5 Å². The second-order valence-corrected chi connectivity index (χ2v) is 5.59. The molecule has 0 amide bonds. The average molecular weight is 267 g/mol. The Morgan fingerprint density at radius 1 is 1.67 bits per heavy atom. The molecule has 0 aromatic carbocycles. The van der Waals surface area contributed by atoms with Crippen molar-refractivity contribution in [2.24, 2.45) is 4.99 Å². The molecule has 5 heteroatoms. The Morgan fingerprint density at radius 3 is 3.06 bits per heavy atom. The molecular formula is C13H21N3OS. The maximum atomic E-state index is 9.59. The fourth-order valence-corrected chi connectivity index (χ4v) is 2.90. The van der Waals surface area contributed by atoms with Gasteiger partial charge >= 0.3 is 0 Å². The lowest BCUT2D eigenvalue weighted by Crippen LogP contribution is -2.40. The van der Waals surface area contributed by atoms with Crippen molar-refractivity contribution in [3.63, 3.8) is 0 Å². The van der Waals surface area contributed by atoms with Gasteiger partial charge < -0.3 is 15.3 Å². The molecule has 0 unspecified atom stereocenters. The predicted octanol–water partition coefficient (Wildman–Crippen LogP) is 1.59. The third-order valence-corrected chi connectivity index (χ3v) is 4.15. The van der Waals surface area contributed by atoms with Crippen molar-refractivity contribution in [2.45, 2.75) is 32.9 Å². The molecule has 4 nitrogen and oxygen atoms in total. The minimum atomic E-state index is -0.211. The smallest absolute Gasteiger partial charge is 0.194 e. The van der Waals surface area contributed by atoms with Crippen LogP contribution in [0.1, 0.15) is 23.8 Å². The van der Waals surface area contributed by atoms with Crippen LogP contribution < -0.4 is 5.32 Å². The third kappa shape index (κ3) is 3.23. The van der Waals surface area contributed by atoms with Crippen LogP contribution in [0.3, 0.4) is 0 Å². The molecular weight excluding hydrogens is 246 g/mol. The summed E-state index contributed by atoms with van der Waals surface area (Å²) in [4.78, 5) is 8.11. The van der Waals surface area contributed by atoms with E-state index in [2.05, 4.69) is 40.5 Å². The Morgan fingerprint density at radius 2 is 2.50 bits per heavy atom. The van der Waals surface area contributed by atoms with E-state index in [-0.39, 0.29) is 6.10 Å². The highest BCUT2D eigenvalue weighted by atomic mass is 32.1. The number of hydrogen-bond acceptors (Lipinski definition) is 3. The van der Waals surface area contributed by atoms with Gasteiger partial charge in [-0.15, -0.1) is 11.3 Å². The molecule has 1 fully saturated rings. The zero-order valence-corrected chi connectivity index (χ0v) is 11.8. The first-order chi connectivity index (χ1) is 8.70. The molecule has 1 aromatic rings. The molecule has 2 heterocycles. The van der Waals surface area contributed by atoms with E-state index in [1.54, 1.807) is 11.3 Å². The van der Waals surface area contributed by atoms with E-state index in [1.165, 1.54) is 10.4 Å². The highest BCUT2D eigenvalue weighted by Crippen LogP contribution is 2.17. The number of aliphatic imine (C=N–C) groups is 1. The zero-order chi connectivity index (χ0) is 13.0. The number of β-amino-alcohol motifs (C(OH)–C–C–N with tert-alkyl or cyclic N) is 1. The van der Waals surface area contributed by atoms with Gasteiger partial charge in [-0.3, -0.25) is 0 Å². The van der Waals surface area contributed by atoms with Crippen molar-refractivity contribution >= 4 is 17.3 Å². The van der Waals surface area contributed by atoms with E-state index < -0.39 is 0 Å². The summed E-state index contributed by atoms with van der Waals surface area (Å²) >= 11 is 1.75. The molecule has 0 saturated carbocycles. The highest BCUT2D eigenvalue weighted by Gasteiger charge is 2.22. The monoisotopic (exact) mass is 267 g/mol. The largest absolute Gasteiger partial charge is 0.391 e. The fraction of sp³-hybridized carbons (Fsp3) is 0.615. The van der Waals surface area contributed by atoms with Crippen molar-refractivity contribution in [1.82, 2.24) is 10.2 Å². The lowest BCUT2D eigenvalue weighted by atomic mass is 10.3. The van der Waals surface area contributed by atoms with Crippen LogP contribution in [0.15, 0.2) is 16.4 Å². The summed E-state index contributed by atoms with van der Waals surface area (Å²) in [7, 11) is 0. The molecule has 18 heavy (non-hydrogen) atoms. The quantitative estimate of drug-likeness (QED) is 0.646. The lowest BCUT2D eigenvalue weighted by Gasteiger charge is -2.20. The zero-order valence-electron chi connectivity index (χ0n) is 11.0. The minimum absolute atomic E-state index is 0.211. The molecule has 100 valence electrons. The van der Waals surface area contributed by atoms with Gasteiger partial charge in [0.15, 0.2) is 5.96 Å². The molecule has 1 aromatic heterocycles. The first-order valence-electron chi connectivity index (χ1n) is 6.45. The van der Waals surface area contributed by atoms with Gasteiger partial charge in [0.25, 0.3) is 0 Å². The highest BCUT2D eigenvalue weighted by molar-refractivity contribution is 7.10. The van der Waals surface area contributed by atoms with Crippen molar-refractivity contribution in [1.29, 1.82) is 0 Å². The van der Waals surface area contributed by atoms with E-state index in [1.807, 2.05) is 0 Å². The second kappa shape index (κ2) is 6.20. The molecule has 1 aliphatic heterocycles. The molecule has 2 N–H and O–H groups in total. The number of aliphatic hydroxyl groups excluding tert-OH is 1. The number of aliphatic hydroxyl groups is 1. The summed E-state index contributed by atoms with van der Waals surface area (Å²) in [5, 5.41) is 15.0.